The number of carbonyl (C=O) groups is 3. The molecule has 2 heterocycles. The van der Waals surface area contributed by atoms with Crippen molar-refractivity contribution in [1.29, 1.82) is 0 Å². The highest BCUT2D eigenvalue weighted by Crippen LogP contribution is 2.26. The van der Waals surface area contributed by atoms with Gasteiger partial charge in [-0.3, -0.25) is 29.1 Å². The van der Waals surface area contributed by atoms with Crippen molar-refractivity contribution in [2.75, 3.05) is 19.8 Å². The number of fused-ring (bicyclic) bond motifs is 1. The van der Waals surface area contributed by atoms with E-state index in [9.17, 15) is 19.2 Å². The number of nitrogens with zero attached hydrogens (tertiary/aromatic N) is 2. The van der Waals surface area contributed by atoms with Gasteiger partial charge in [0.2, 0.25) is 0 Å². The first-order chi connectivity index (χ1) is 11.7. The summed E-state index contributed by atoms with van der Waals surface area (Å²) in [6.07, 6.45) is 0. The van der Waals surface area contributed by atoms with E-state index in [2.05, 4.69) is 5.32 Å². The second-order valence-corrected chi connectivity index (χ2v) is 6.07. The predicted octanol–water partition coefficient (Wildman–Crippen LogP) is 0.659. The number of anilines is 1. The molecule has 25 heavy (non-hydrogen) atoms. The molecule has 9 heteroatoms. The Kier molecular flexibility index (Phi) is 3.84. The minimum Gasteiger partial charge on any atom is -0.384 e. The Bertz CT molecular complexity index is 1010. The van der Waals surface area contributed by atoms with Gasteiger partial charge in [0, 0.05) is 25.2 Å². The molecule has 3 N–H and O–H groups in total. The molecule has 0 radical (unpaired) electrons. The van der Waals surface area contributed by atoms with E-state index in [4.69, 9.17) is 17.3 Å². The van der Waals surface area contributed by atoms with Gasteiger partial charge in [-0.05, 0) is 18.2 Å². The quantitative estimate of drug-likeness (QED) is 0.763. The third-order valence-corrected chi connectivity index (χ3v) is 4.02. The summed E-state index contributed by atoms with van der Waals surface area (Å²) in [5.74, 6) is -2.00. The average molecular weight is 361 g/mol. The van der Waals surface area contributed by atoms with Gasteiger partial charge in [0.25, 0.3) is 23.3 Å². The summed E-state index contributed by atoms with van der Waals surface area (Å²) in [4.78, 5) is 49.9. The zero-order valence-electron chi connectivity index (χ0n) is 13.3. The number of imide groups is 1. The zero-order chi connectivity index (χ0) is 18.5. The first-order valence-electron chi connectivity index (χ1n) is 7.15. The van der Waals surface area contributed by atoms with Gasteiger partial charge in [0.05, 0.1) is 22.4 Å². The van der Waals surface area contributed by atoms with E-state index in [-0.39, 0.29) is 28.2 Å². The minimum absolute atomic E-state index is 0.0850. The van der Waals surface area contributed by atoms with E-state index in [0.717, 1.165) is 10.6 Å². The van der Waals surface area contributed by atoms with Gasteiger partial charge in [0.15, 0.2) is 0 Å². The molecule has 0 aliphatic carbocycles. The lowest BCUT2D eigenvalue weighted by molar-refractivity contribution is 0.0825. The normalized spacial score (nSPS) is 12.8. The number of hydrogen-bond acceptors (Lipinski definition) is 5. The number of nitrogens with two attached hydrogens (primary N) is 1. The Labute approximate surface area is 146 Å². The Morgan fingerprint density at radius 3 is 2.48 bits per heavy atom. The molecule has 8 nitrogen and oxygen atoms in total. The number of rotatable bonds is 2. The fourth-order valence-electron chi connectivity index (χ4n) is 2.64. The van der Waals surface area contributed by atoms with Crippen molar-refractivity contribution in [2.45, 2.75) is 0 Å². The number of pyridine rings is 1. The van der Waals surface area contributed by atoms with Crippen LogP contribution < -0.4 is 16.6 Å². The van der Waals surface area contributed by atoms with Crippen LogP contribution >= 0.6 is 11.6 Å². The highest BCUT2D eigenvalue weighted by Gasteiger charge is 2.32. The molecule has 0 atom stereocenters. The summed E-state index contributed by atoms with van der Waals surface area (Å²) < 4.78 is 1.02. The standard InChI is InChI=1S/C16H13ClN4O4/c1-20(2)16(25)8-5-7(17)3-4-10(8)21-11(22)6-9-12(13(21)18)15(24)19-14(9)23/h3-6H,18H2,1-2H3,(H,19,23,24). The summed E-state index contributed by atoms with van der Waals surface area (Å²) in [7, 11) is 3.10. The summed E-state index contributed by atoms with van der Waals surface area (Å²) in [5.41, 5.74) is 5.48. The number of nitrogens with one attached hydrogen (secondary N) is 1. The average Bonchev–Trinajstić information content (AvgIpc) is 2.82. The van der Waals surface area contributed by atoms with Crippen molar-refractivity contribution >= 4 is 35.1 Å². The SMILES string of the molecule is CN(C)C(=O)c1cc(Cl)ccc1-n1c(N)c2c(cc1=O)C(=O)NC2=O. The van der Waals surface area contributed by atoms with Crippen LogP contribution in [0.5, 0.6) is 0 Å². The number of amides is 3. The van der Waals surface area contributed by atoms with Crippen LogP contribution in [0.4, 0.5) is 5.82 Å². The molecule has 1 aliphatic heterocycles. The van der Waals surface area contributed by atoms with Crippen LogP contribution in [-0.4, -0.2) is 41.3 Å². The predicted molar refractivity (Wildman–Crippen MR) is 91.3 cm³/mol. The topological polar surface area (TPSA) is 114 Å². The number of aromatic nitrogens is 1. The zero-order valence-corrected chi connectivity index (χ0v) is 14.0. The molecule has 0 fully saturated rings. The second kappa shape index (κ2) is 5.75. The van der Waals surface area contributed by atoms with Crippen molar-refractivity contribution in [1.82, 2.24) is 14.8 Å². The Balaban J connectivity index is 2.35. The minimum atomic E-state index is -0.694. The van der Waals surface area contributed by atoms with Gasteiger partial charge >= 0.3 is 0 Å². The summed E-state index contributed by atoms with van der Waals surface area (Å²) >= 11 is 5.97. The number of hydrogen-bond donors (Lipinski definition) is 2. The van der Waals surface area contributed by atoms with Gasteiger partial charge in [-0.15, -0.1) is 0 Å². The fraction of sp³-hybridized carbons (Fsp3) is 0.125. The lowest BCUT2D eigenvalue weighted by Gasteiger charge is -2.18. The monoisotopic (exact) mass is 360 g/mol. The van der Waals surface area contributed by atoms with Crippen molar-refractivity contribution in [3.8, 4) is 5.69 Å². The third-order valence-electron chi connectivity index (χ3n) is 3.79. The van der Waals surface area contributed by atoms with Crippen LogP contribution in [-0.2, 0) is 0 Å². The highest BCUT2D eigenvalue weighted by atomic mass is 35.5. The Hall–Kier alpha value is -3.13. The van der Waals surface area contributed by atoms with E-state index in [1.54, 1.807) is 14.1 Å². The molecule has 0 bridgehead atoms. The van der Waals surface area contributed by atoms with Gasteiger partial charge in [0.1, 0.15) is 5.82 Å². The lowest BCUT2D eigenvalue weighted by Crippen LogP contribution is -2.28. The maximum atomic E-state index is 12.5. The van der Waals surface area contributed by atoms with Crippen LogP contribution in [0.25, 0.3) is 5.69 Å². The molecular weight excluding hydrogens is 348 g/mol. The molecule has 2 aromatic rings. The van der Waals surface area contributed by atoms with E-state index in [1.807, 2.05) is 0 Å². The molecule has 3 amide bonds. The van der Waals surface area contributed by atoms with Gasteiger partial charge in [-0.1, -0.05) is 11.6 Å². The highest BCUT2D eigenvalue weighted by molar-refractivity contribution is 6.31. The second-order valence-electron chi connectivity index (χ2n) is 5.64. The number of nitrogen functional groups attached to an aromatic ring is 1. The van der Waals surface area contributed by atoms with E-state index >= 15 is 0 Å². The molecule has 0 unspecified atom stereocenters. The third kappa shape index (κ3) is 2.56. The number of carbonyl (C=O) groups excluding carboxylic acids is 3. The molecule has 0 saturated heterocycles. The van der Waals surface area contributed by atoms with Crippen molar-refractivity contribution in [3.05, 3.63) is 56.3 Å². The van der Waals surface area contributed by atoms with Crippen molar-refractivity contribution < 1.29 is 14.4 Å². The number of benzene rings is 1. The number of halogens is 1. The Morgan fingerprint density at radius 2 is 1.84 bits per heavy atom. The molecule has 0 spiro atoms. The van der Waals surface area contributed by atoms with Crippen molar-refractivity contribution in [2.24, 2.45) is 0 Å². The molecule has 3 rings (SSSR count). The van der Waals surface area contributed by atoms with Gasteiger partial charge < -0.3 is 10.6 Å². The van der Waals surface area contributed by atoms with Crippen LogP contribution in [0.3, 0.4) is 0 Å². The summed E-state index contributed by atoms with van der Waals surface area (Å²) in [6.45, 7) is 0. The molecule has 0 saturated carbocycles. The van der Waals surface area contributed by atoms with Crippen LogP contribution in [0.1, 0.15) is 31.1 Å². The smallest absolute Gasteiger partial charge is 0.262 e. The van der Waals surface area contributed by atoms with Gasteiger partial charge in [-0.2, -0.15) is 0 Å². The largest absolute Gasteiger partial charge is 0.384 e. The summed E-state index contributed by atoms with van der Waals surface area (Å²) in [6, 6.07) is 5.37. The molecule has 1 aromatic heterocycles. The first-order valence-corrected chi connectivity index (χ1v) is 7.53. The maximum absolute atomic E-state index is 12.5. The fourth-order valence-corrected chi connectivity index (χ4v) is 2.82. The van der Waals surface area contributed by atoms with E-state index < -0.39 is 23.3 Å². The van der Waals surface area contributed by atoms with Crippen LogP contribution in [0, 0.1) is 0 Å². The van der Waals surface area contributed by atoms with Crippen molar-refractivity contribution in [3.63, 3.8) is 0 Å². The molecule has 1 aliphatic rings. The van der Waals surface area contributed by atoms with E-state index in [0.29, 0.717) is 5.02 Å². The van der Waals surface area contributed by atoms with Crippen LogP contribution in [0.2, 0.25) is 5.02 Å². The van der Waals surface area contributed by atoms with Crippen LogP contribution in [0.15, 0.2) is 29.1 Å². The molecular formula is C16H13ClN4O4. The Morgan fingerprint density at radius 1 is 1.16 bits per heavy atom. The molecule has 1 aromatic carbocycles. The first kappa shape index (κ1) is 16.7. The summed E-state index contributed by atoms with van der Waals surface area (Å²) in [5, 5.41) is 2.39. The molecule has 128 valence electrons. The lowest BCUT2D eigenvalue weighted by atomic mass is 10.1. The maximum Gasteiger partial charge on any atom is 0.262 e. The van der Waals surface area contributed by atoms with E-state index in [1.165, 1.54) is 23.1 Å². The van der Waals surface area contributed by atoms with Gasteiger partial charge in [-0.25, -0.2) is 0 Å².